The van der Waals surface area contributed by atoms with Gasteiger partial charge >= 0.3 is 5.97 Å². The van der Waals surface area contributed by atoms with Crippen LogP contribution in [0.4, 0.5) is 0 Å². The van der Waals surface area contributed by atoms with Gasteiger partial charge in [0.2, 0.25) is 5.91 Å². The van der Waals surface area contributed by atoms with Gasteiger partial charge in [0.1, 0.15) is 11.4 Å². The number of ether oxygens (including phenoxy) is 1. The minimum atomic E-state index is -1.37. The number of thiophene rings is 1. The highest BCUT2D eigenvalue weighted by molar-refractivity contribution is 8.00. The highest BCUT2D eigenvalue weighted by Crippen LogP contribution is 2.40. The molecule has 10 nitrogen and oxygen atoms in total. The van der Waals surface area contributed by atoms with Crippen molar-refractivity contribution in [3.63, 3.8) is 0 Å². The van der Waals surface area contributed by atoms with Gasteiger partial charge in [-0.3, -0.25) is 19.3 Å². The summed E-state index contributed by atoms with van der Waals surface area (Å²) in [5.74, 6) is -1.58. The average molecular weight is 938 g/mol. The summed E-state index contributed by atoms with van der Waals surface area (Å²) in [4.78, 5) is 50.7. The number of aliphatic hydroxyl groups is 1. The molecule has 4 rings (SSSR count). The van der Waals surface area contributed by atoms with Crippen molar-refractivity contribution in [1.29, 1.82) is 0 Å². The number of hydrogen-bond donors (Lipinski definition) is 2. The van der Waals surface area contributed by atoms with Gasteiger partial charge in [0, 0.05) is 34.8 Å². The number of thioether (sulfide) groups is 1. The molecule has 0 radical (unpaired) electrons. The van der Waals surface area contributed by atoms with Gasteiger partial charge in [-0.15, -0.1) is 23.1 Å². The van der Waals surface area contributed by atoms with Gasteiger partial charge in [0.25, 0.3) is 5.91 Å². The largest absolute Gasteiger partial charge is 0.543 e. The number of fused-ring (bicyclic) bond motifs is 1. The molecule has 2 amide bonds. The maximum Gasteiger partial charge on any atom is 0.305 e. The van der Waals surface area contributed by atoms with Gasteiger partial charge in [0.15, 0.2) is 18.9 Å². The normalized spacial score (nSPS) is 16.2. The van der Waals surface area contributed by atoms with Crippen molar-refractivity contribution >= 4 is 46.9 Å². The molecule has 0 unspecified atom stereocenters. The molecule has 12 heteroatoms. The molecular formula is C53H83N3O7S2. The Kier molecular flexibility index (Phi) is 30.7. The lowest BCUT2D eigenvalue weighted by molar-refractivity contribution is -0.689. The van der Waals surface area contributed by atoms with E-state index in [1.54, 1.807) is 0 Å². The minimum absolute atomic E-state index is 0.00845. The van der Waals surface area contributed by atoms with E-state index in [2.05, 4.69) is 31.3 Å². The summed E-state index contributed by atoms with van der Waals surface area (Å²) in [6, 6.07) is 8.59. The maximum absolute atomic E-state index is 12.6. The van der Waals surface area contributed by atoms with E-state index in [1.165, 1.54) is 150 Å². The third kappa shape index (κ3) is 24.2. The first-order valence-corrected chi connectivity index (χ1v) is 27.3. The van der Waals surface area contributed by atoms with Crippen LogP contribution in [0, 0.1) is 0 Å². The fraction of sp³-hybridized carbons (Fsp3) is 0.679. The molecule has 2 aromatic rings. The van der Waals surface area contributed by atoms with E-state index in [-0.39, 0.29) is 30.1 Å². The molecule has 2 N–H and O–H groups in total. The quantitative estimate of drug-likeness (QED) is 0.0226. The van der Waals surface area contributed by atoms with E-state index < -0.39 is 23.3 Å². The van der Waals surface area contributed by atoms with E-state index >= 15 is 0 Å². The Morgan fingerprint density at radius 3 is 2.03 bits per heavy atom. The van der Waals surface area contributed by atoms with Crippen LogP contribution >= 0.6 is 23.1 Å². The van der Waals surface area contributed by atoms with Gasteiger partial charge in [0.05, 0.1) is 30.8 Å². The number of β-lactam (4-membered cyclic amide) rings is 1. The molecule has 2 aliphatic heterocycles. The van der Waals surface area contributed by atoms with Crippen molar-refractivity contribution in [2.24, 2.45) is 0 Å². The van der Waals surface area contributed by atoms with Crippen molar-refractivity contribution in [3.8, 4) is 0 Å². The van der Waals surface area contributed by atoms with Crippen LogP contribution in [0.15, 0.2) is 71.5 Å². The number of aromatic nitrogens is 1. The van der Waals surface area contributed by atoms with Gasteiger partial charge in [-0.1, -0.05) is 167 Å². The lowest BCUT2D eigenvalue weighted by Gasteiger charge is -2.50. The number of allylic oxidation sites excluding steroid dienone is 1. The fourth-order valence-electron chi connectivity index (χ4n) is 8.26. The topological polar surface area (TPSA) is 140 Å². The van der Waals surface area contributed by atoms with Crippen molar-refractivity contribution in [2.45, 2.75) is 218 Å². The van der Waals surface area contributed by atoms with Crippen molar-refractivity contribution in [3.05, 3.63) is 76.4 Å². The first kappa shape index (κ1) is 55.8. The first-order valence-electron chi connectivity index (χ1n) is 25.4. The number of aliphatic hydroxyl groups excluding tert-OH is 1. The minimum Gasteiger partial charge on any atom is -0.543 e. The molecule has 0 spiro atoms. The predicted molar refractivity (Wildman–Crippen MR) is 264 cm³/mol. The molecule has 0 aromatic carbocycles. The van der Waals surface area contributed by atoms with Crippen LogP contribution in [0.3, 0.4) is 0 Å². The van der Waals surface area contributed by atoms with Crippen LogP contribution in [0.5, 0.6) is 0 Å². The number of aliphatic carboxylic acids is 1. The number of hydrogen-bond acceptors (Lipinski definition) is 9. The van der Waals surface area contributed by atoms with E-state index in [4.69, 9.17) is 4.74 Å². The predicted octanol–water partition coefficient (Wildman–Crippen LogP) is 10.7. The van der Waals surface area contributed by atoms with E-state index in [1.807, 2.05) is 52.7 Å². The number of nitrogens with one attached hydrogen (secondary N) is 1. The van der Waals surface area contributed by atoms with Gasteiger partial charge in [-0.2, -0.15) is 0 Å². The zero-order valence-corrected chi connectivity index (χ0v) is 41.7. The zero-order chi connectivity index (χ0) is 46.7. The second-order valence-corrected chi connectivity index (χ2v) is 20.0. The van der Waals surface area contributed by atoms with Gasteiger partial charge in [-0.25, -0.2) is 4.57 Å². The fourth-order valence-corrected chi connectivity index (χ4v) is 10.3. The molecule has 65 heavy (non-hydrogen) atoms. The number of carbonyl (C=O) groups is 4. The number of pyridine rings is 1. The lowest BCUT2D eigenvalue weighted by atomic mass is 10.0. The second kappa shape index (κ2) is 35.7. The van der Waals surface area contributed by atoms with E-state index in [0.29, 0.717) is 30.9 Å². The molecule has 0 saturated carbocycles. The molecule has 2 aromatic heterocycles. The number of nitrogens with zero attached hydrogens (tertiary/aromatic N) is 2. The standard InChI is InChI=1S/C34H66O3.C19H17N3O4S2/c1-3-5-7-9-10-11-12-13-14-15-18-21-24-28-32-37-34(36)31-27-23-20-17-16-19-22-26-30-33(35)29-25-8-6-4-2;23-14(9-13-5-4-8-27-13)20-15-17(24)22-16(19(25)26)12(11-28-18(15)22)10-21-6-2-1-3-7-21/h22,26,33,35H,3-21,23-25,27-32H2,1-2H3;1-8,15,18H,9-11H2,(H-,20,23,25,26)/b26-22-;/t33-;15-,18-/m11/s1. The number of rotatable bonds is 36. The lowest BCUT2D eigenvalue weighted by Crippen LogP contribution is -2.71. The molecule has 0 aliphatic carbocycles. The Balaban J connectivity index is 0.000000356. The Labute approximate surface area is 400 Å². The van der Waals surface area contributed by atoms with Crippen LogP contribution in [0.1, 0.15) is 192 Å². The Bertz CT molecular complexity index is 1650. The third-order valence-electron chi connectivity index (χ3n) is 12.1. The third-order valence-corrected chi connectivity index (χ3v) is 14.3. The summed E-state index contributed by atoms with van der Waals surface area (Å²) in [5, 5.41) is 25.9. The smallest absolute Gasteiger partial charge is 0.305 e. The summed E-state index contributed by atoms with van der Waals surface area (Å²) in [7, 11) is 0. The van der Waals surface area contributed by atoms with Crippen LogP contribution < -0.4 is 15.0 Å². The van der Waals surface area contributed by atoms with Crippen molar-refractivity contribution in [1.82, 2.24) is 10.2 Å². The Morgan fingerprint density at radius 1 is 0.815 bits per heavy atom. The molecular weight excluding hydrogens is 855 g/mol. The van der Waals surface area contributed by atoms with E-state index in [0.717, 1.165) is 49.8 Å². The number of carboxylic acid groups (broad SMARTS) is 1. The summed E-state index contributed by atoms with van der Waals surface area (Å²) in [6.07, 6.45) is 41.0. The summed E-state index contributed by atoms with van der Waals surface area (Å²) < 4.78 is 7.26. The molecule has 1 fully saturated rings. The summed E-state index contributed by atoms with van der Waals surface area (Å²) in [5.41, 5.74) is 0.544. The number of amides is 2. The molecule has 0 bridgehead atoms. The van der Waals surface area contributed by atoms with Crippen molar-refractivity contribution in [2.75, 3.05) is 12.4 Å². The highest BCUT2D eigenvalue weighted by Gasteiger charge is 2.53. The first-order chi connectivity index (χ1) is 31.7. The van der Waals surface area contributed by atoms with Crippen LogP contribution in [-0.4, -0.2) is 63.6 Å². The molecule has 2 aliphatic rings. The maximum atomic E-state index is 12.6. The van der Waals surface area contributed by atoms with E-state index in [9.17, 15) is 29.4 Å². The zero-order valence-electron chi connectivity index (χ0n) is 40.0. The molecule has 364 valence electrons. The van der Waals surface area contributed by atoms with Crippen LogP contribution in [0.2, 0.25) is 0 Å². The Hall–Kier alpha value is -3.48. The van der Waals surface area contributed by atoms with Gasteiger partial charge < -0.3 is 25.1 Å². The molecule has 3 atom stereocenters. The average Bonchev–Trinajstić information content (AvgIpc) is 3.82. The van der Waals surface area contributed by atoms with Gasteiger partial charge in [-0.05, 0) is 50.0 Å². The summed E-state index contributed by atoms with van der Waals surface area (Å²) >= 11 is 2.93. The monoisotopic (exact) mass is 938 g/mol. The Morgan fingerprint density at radius 2 is 1.42 bits per heavy atom. The SMILES string of the molecule is CCCCCCCCCCCCCCCCOC(=O)CCCCCCC/C=C\C[C@H](O)CCCCCC.O=C(Cc1cccs1)N[C@@H]1C(=O)N2C(C(=O)[O-])=C(C[n+]3ccccc3)CS[C@H]12. The van der Waals surface area contributed by atoms with Crippen LogP contribution in [-0.2, 0) is 36.9 Å². The highest BCUT2D eigenvalue weighted by atomic mass is 32.2. The molecule has 4 heterocycles. The van der Waals surface area contributed by atoms with Crippen molar-refractivity contribution < 1.29 is 38.7 Å². The summed E-state index contributed by atoms with van der Waals surface area (Å²) in [6.45, 7) is 5.47. The number of unbranched alkanes of at least 4 members (excludes halogenated alkanes) is 21. The second-order valence-electron chi connectivity index (χ2n) is 17.8. The number of carboxylic acids is 1. The number of esters is 1. The molecule has 1 saturated heterocycles. The number of carbonyl (C=O) groups excluding carboxylic acids is 4. The van der Waals surface area contributed by atoms with Crippen LogP contribution in [0.25, 0.3) is 0 Å².